The van der Waals surface area contributed by atoms with Gasteiger partial charge >= 0.3 is 0 Å². The standard InChI is InChI=1S/C14H22N2OS/c1-10(9-16-6-4-5-14(16)17)15-8-13-7-11(2)18-12(13)3/h7,10,15H,4-6,8-9H2,1-3H3. The van der Waals surface area contributed by atoms with Crippen molar-refractivity contribution < 1.29 is 4.79 Å². The van der Waals surface area contributed by atoms with E-state index in [9.17, 15) is 4.79 Å². The Morgan fingerprint density at radius 1 is 1.50 bits per heavy atom. The van der Waals surface area contributed by atoms with Crippen molar-refractivity contribution in [3.8, 4) is 0 Å². The molecule has 1 atom stereocenters. The molecule has 2 heterocycles. The highest BCUT2D eigenvalue weighted by molar-refractivity contribution is 7.12. The molecule has 1 aliphatic heterocycles. The largest absolute Gasteiger partial charge is 0.341 e. The number of rotatable bonds is 5. The molecule has 4 heteroatoms. The van der Waals surface area contributed by atoms with Gasteiger partial charge in [0.2, 0.25) is 5.91 Å². The average molecular weight is 266 g/mol. The molecule has 0 bridgehead atoms. The Morgan fingerprint density at radius 3 is 2.83 bits per heavy atom. The summed E-state index contributed by atoms with van der Waals surface area (Å²) in [7, 11) is 0. The van der Waals surface area contributed by atoms with Crippen LogP contribution < -0.4 is 5.32 Å². The first-order valence-electron chi connectivity index (χ1n) is 6.63. The maximum Gasteiger partial charge on any atom is 0.222 e. The summed E-state index contributed by atoms with van der Waals surface area (Å²) < 4.78 is 0. The SMILES string of the molecule is Cc1cc(CNC(C)CN2CCCC2=O)c(C)s1. The van der Waals surface area contributed by atoms with Crippen molar-refractivity contribution in [3.05, 3.63) is 21.4 Å². The molecule has 0 aliphatic carbocycles. The first-order valence-corrected chi connectivity index (χ1v) is 7.45. The average Bonchev–Trinajstić information content (AvgIpc) is 2.83. The molecule has 1 saturated heterocycles. The van der Waals surface area contributed by atoms with Crippen LogP contribution in [0.4, 0.5) is 0 Å². The Hall–Kier alpha value is -0.870. The summed E-state index contributed by atoms with van der Waals surface area (Å²) in [4.78, 5) is 16.3. The third kappa shape index (κ3) is 3.33. The van der Waals surface area contributed by atoms with Gasteiger partial charge in [0, 0.05) is 41.9 Å². The molecule has 0 aromatic carbocycles. The molecule has 1 aromatic heterocycles. The molecule has 0 saturated carbocycles. The first kappa shape index (κ1) is 13.6. The monoisotopic (exact) mass is 266 g/mol. The normalized spacial score (nSPS) is 17.5. The molecule has 1 amide bonds. The van der Waals surface area contributed by atoms with E-state index < -0.39 is 0 Å². The summed E-state index contributed by atoms with van der Waals surface area (Å²) in [5.74, 6) is 0.311. The Bertz CT molecular complexity index is 427. The number of carbonyl (C=O) groups is 1. The zero-order chi connectivity index (χ0) is 13.1. The van der Waals surface area contributed by atoms with Crippen LogP contribution in [0.1, 0.15) is 35.1 Å². The van der Waals surface area contributed by atoms with Crippen LogP contribution in [-0.4, -0.2) is 29.9 Å². The molecule has 2 rings (SSSR count). The minimum atomic E-state index is 0.311. The molecular weight excluding hydrogens is 244 g/mol. The Morgan fingerprint density at radius 2 is 2.28 bits per heavy atom. The van der Waals surface area contributed by atoms with E-state index in [-0.39, 0.29) is 0 Å². The fraction of sp³-hybridized carbons (Fsp3) is 0.643. The van der Waals surface area contributed by atoms with E-state index >= 15 is 0 Å². The number of nitrogens with zero attached hydrogens (tertiary/aromatic N) is 1. The number of carbonyl (C=O) groups excluding carboxylic acids is 1. The van der Waals surface area contributed by atoms with Crippen molar-refractivity contribution in [2.45, 2.75) is 46.2 Å². The zero-order valence-corrected chi connectivity index (χ0v) is 12.3. The van der Waals surface area contributed by atoms with E-state index in [1.54, 1.807) is 0 Å². The van der Waals surface area contributed by atoms with Crippen molar-refractivity contribution >= 4 is 17.2 Å². The predicted molar refractivity (Wildman–Crippen MR) is 75.9 cm³/mol. The minimum absolute atomic E-state index is 0.311. The van der Waals surface area contributed by atoms with Crippen molar-refractivity contribution in [3.63, 3.8) is 0 Å². The number of hydrogen-bond donors (Lipinski definition) is 1. The van der Waals surface area contributed by atoms with Crippen LogP contribution in [0, 0.1) is 13.8 Å². The summed E-state index contributed by atoms with van der Waals surface area (Å²) in [5.41, 5.74) is 1.39. The van der Waals surface area contributed by atoms with Gasteiger partial charge in [-0.2, -0.15) is 0 Å². The van der Waals surface area contributed by atoms with Crippen LogP contribution in [0.15, 0.2) is 6.07 Å². The van der Waals surface area contributed by atoms with Crippen LogP contribution in [0.2, 0.25) is 0 Å². The quantitative estimate of drug-likeness (QED) is 0.888. The second kappa shape index (κ2) is 5.85. The van der Waals surface area contributed by atoms with Crippen LogP contribution in [0.25, 0.3) is 0 Å². The summed E-state index contributed by atoms with van der Waals surface area (Å²) in [5, 5.41) is 3.51. The molecule has 1 fully saturated rings. The summed E-state index contributed by atoms with van der Waals surface area (Å²) in [6, 6.07) is 2.60. The van der Waals surface area contributed by atoms with Gasteiger partial charge in [-0.3, -0.25) is 4.79 Å². The smallest absolute Gasteiger partial charge is 0.222 e. The minimum Gasteiger partial charge on any atom is -0.341 e. The molecule has 100 valence electrons. The molecule has 1 unspecified atom stereocenters. The Labute approximate surface area is 113 Å². The van der Waals surface area contributed by atoms with Crippen LogP contribution >= 0.6 is 11.3 Å². The highest BCUT2D eigenvalue weighted by Crippen LogP contribution is 2.20. The third-order valence-electron chi connectivity index (χ3n) is 3.45. The molecule has 0 spiro atoms. The second-order valence-corrected chi connectivity index (χ2v) is 6.62. The highest BCUT2D eigenvalue weighted by Gasteiger charge is 2.21. The maximum atomic E-state index is 11.5. The molecule has 18 heavy (non-hydrogen) atoms. The van der Waals surface area contributed by atoms with Gasteiger partial charge in [-0.25, -0.2) is 0 Å². The molecular formula is C14H22N2OS. The fourth-order valence-corrected chi connectivity index (χ4v) is 3.38. The number of nitrogens with one attached hydrogen (secondary N) is 1. The molecule has 1 aliphatic rings. The van der Waals surface area contributed by atoms with E-state index in [0.717, 1.165) is 32.5 Å². The lowest BCUT2D eigenvalue weighted by molar-refractivity contribution is -0.127. The third-order valence-corrected chi connectivity index (χ3v) is 4.46. The molecule has 0 radical (unpaired) electrons. The number of likely N-dealkylation sites (tertiary alicyclic amines) is 1. The number of amides is 1. The molecule has 1 aromatic rings. The van der Waals surface area contributed by atoms with E-state index in [4.69, 9.17) is 0 Å². The number of aryl methyl sites for hydroxylation is 2. The van der Waals surface area contributed by atoms with Crippen molar-refractivity contribution in [1.29, 1.82) is 0 Å². The van der Waals surface area contributed by atoms with Gasteiger partial charge < -0.3 is 10.2 Å². The van der Waals surface area contributed by atoms with E-state index in [2.05, 4.69) is 32.2 Å². The first-order chi connectivity index (χ1) is 8.56. The van der Waals surface area contributed by atoms with Crippen molar-refractivity contribution in [2.24, 2.45) is 0 Å². The van der Waals surface area contributed by atoms with Gasteiger partial charge in [-0.15, -0.1) is 11.3 Å². The van der Waals surface area contributed by atoms with Gasteiger partial charge in [0.05, 0.1) is 0 Å². The highest BCUT2D eigenvalue weighted by atomic mass is 32.1. The zero-order valence-electron chi connectivity index (χ0n) is 11.5. The lowest BCUT2D eigenvalue weighted by Gasteiger charge is -2.21. The lowest BCUT2D eigenvalue weighted by atomic mass is 10.2. The summed E-state index contributed by atoms with van der Waals surface area (Å²) >= 11 is 1.85. The van der Waals surface area contributed by atoms with Crippen LogP contribution in [-0.2, 0) is 11.3 Å². The second-order valence-electron chi connectivity index (χ2n) is 5.16. The Balaban J connectivity index is 1.79. The topological polar surface area (TPSA) is 32.3 Å². The van der Waals surface area contributed by atoms with Gasteiger partial charge in [0.1, 0.15) is 0 Å². The van der Waals surface area contributed by atoms with Crippen molar-refractivity contribution in [2.75, 3.05) is 13.1 Å². The van der Waals surface area contributed by atoms with Gasteiger partial charge in [-0.1, -0.05) is 0 Å². The fourth-order valence-electron chi connectivity index (χ4n) is 2.44. The molecule has 3 nitrogen and oxygen atoms in total. The van der Waals surface area contributed by atoms with Crippen LogP contribution in [0.5, 0.6) is 0 Å². The van der Waals surface area contributed by atoms with E-state index in [1.807, 2.05) is 16.2 Å². The van der Waals surface area contributed by atoms with Gasteiger partial charge in [0.15, 0.2) is 0 Å². The summed E-state index contributed by atoms with van der Waals surface area (Å²) in [6.45, 7) is 9.14. The van der Waals surface area contributed by atoms with E-state index in [0.29, 0.717) is 11.9 Å². The Kier molecular flexibility index (Phi) is 4.40. The number of thiophene rings is 1. The molecule has 1 N–H and O–H groups in total. The van der Waals surface area contributed by atoms with Crippen molar-refractivity contribution in [1.82, 2.24) is 10.2 Å². The lowest BCUT2D eigenvalue weighted by Crippen LogP contribution is -2.39. The predicted octanol–water partition coefficient (Wildman–Crippen LogP) is 2.47. The van der Waals surface area contributed by atoms with Gasteiger partial charge in [-0.05, 0) is 38.8 Å². The summed E-state index contributed by atoms with van der Waals surface area (Å²) in [6.07, 6.45) is 1.75. The maximum absolute atomic E-state index is 11.5. The van der Waals surface area contributed by atoms with Gasteiger partial charge in [0.25, 0.3) is 0 Å². The number of hydrogen-bond acceptors (Lipinski definition) is 3. The van der Waals surface area contributed by atoms with E-state index in [1.165, 1.54) is 15.3 Å². The van der Waals surface area contributed by atoms with Crippen LogP contribution in [0.3, 0.4) is 0 Å².